The molecule has 8 heteroatoms. The first kappa shape index (κ1) is 18.5. The number of hydrogen-bond donors (Lipinski definition) is 4. The number of carbonyl (C=O) groups is 2. The van der Waals surface area contributed by atoms with Crippen LogP contribution in [-0.4, -0.2) is 29.9 Å². The van der Waals surface area contributed by atoms with Gasteiger partial charge in [0.1, 0.15) is 6.29 Å². The molecular weight excluding hydrogens is 322 g/mol. The summed E-state index contributed by atoms with van der Waals surface area (Å²) in [6, 6.07) is 6.30. The van der Waals surface area contributed by atoms with Gasteiger partial charge < -0.3 is 31.4 Å². The molecule has 0 aliphatic carbocycles. The van der Waals surface area contributed by atoms with Crippen molar-refractivity contribution in [1.29, 1.82) is 0 Å². The molecule has 2 atom stereocenters. The average molecular weight is 345 g/mol. The third-order valence-corrected chi connectivity index (χ3v) is 3.75. The summed E-state index contributed by atoms with van der Waals surface area (Å²) in [5.74, 6) is 0.0252. The van der Waals surface area contributed by atoms with Gasteiger partial charge in [-0.15, -0.1) is 0 Å². The Bertz CT molecular complexity index is 744. The molecule has 0 aliphatic heterocycles. The summed E-state index contributed by atoms with van der Waals surface area (Å²) < 4.78 is 5.11. The monoisotopic (exact) mass is 345 g/mol. The van der Waals surface area contributed by atoms with Gasteiger partial charge in [0.2, 0.25) is 5.88 Å². The maximum absolute atomic E-state index is 11.6. The highest BCUT2D eigenvalue weighted by Gasteiger charge is 2.15. The lowest BCUT2D eigenvalue weighted by Crippen LogP contribution is -2.26. The Kier molecular flexibility index (Phi) is 6.13. The molecule has 0 fully saturated rings. The molecular formula is C17H23N5O3. The van der Waals surface area contributed by atoms with E-state index in [1.165, 1.54) is 0 Å². The number of amides is 1. The fraction of sp³-hybridized carbons (Fsp3) is 0.353. The molecule has 0 bridgehead atoms. The van der Waals surface area contributed by atoms with Gasteiger partial charge in [-0.2, -0.15) is 0 Å². The van der Waals surface area contributed by atoms with Crippen LogP contribution in [0, 0.1) is 12.8 Å². The number of anilines is 3. The van der Waals surface area contributed by atoms with E-state index in [0.717, 1.165) is 6.29 Å². The van der Waals surface area contributed by atoms with Crippen molar-refractivity contribution in [2.75, 3.05) is 17.2 Å². The maximum atomic E-state index is 11.6. The van der Waals surface area contributed by atoms with E-state index in [-0.39, 0.29) is 12.0 Å². The number of primary amides is 1. The van der Waals surface area contributed by atoms with Crippen molar-refractivity contribution in [3.05, 3.63) is 35.5 Å². The number of rotatable bonds is 9. The van der Waals surface area contributed by atoms with Crippen LogP contribution in [0.25, 0.3) is 0 Å². The summed E-state index contributed by atoms with van der Waals surface area (Å²) in [7, 11) is 0. The predicted molar refractivity (Wildman–Crippen MR) is 95.8 cm³/mol. The van der Waals surface area contributed by atoms with Crippen LogP contribution in [0.3, 0.4) is 0 Å². The molecule has 2 rings (SSSR count). The number of aldehydes is 1. The van der Waals surface area contributed by atoms with E-state index in [9.17, 15) is 9.59 Å². The Balaban J connectivity index is 2.23. The second-order valence-electron chi connectivity index (χ2n) is 6.05. The maximum Gasteiger partial charge on any atom is 0.250 e. The van der Waals surface area contributed by atoms with Crippen LogP contribution < -0.4 is 22.1 Å². The third-order valence-electron chi connectivity index (χ3n) is 3.75. The van der Waals surface area contributed by atoms with Crippen molar-refractivity contribution in [1.82, 2.24) is 5.16 Å². The Morgan fingerprint density at radius 1 is 1.40 bits per heavy atom. The number of aryl methyl sites for hydroxylation is 1. The van der Waals surface area contributed by atoms with Crippen LogP contribution in [0.4, 0.5) is 17.3 Å². The van der Waals surface area contributed by atoms with E-state index in [1.807, 2.05) is 6.92 Å². The van der Waals surface area contributed by atoms with Gasteiger partial charge in [-0.25, -0.2) is 0 Å². The number of nitrogens with one attached hydrogen (secondary N) is 2. The highest BCUT2D eigenvalue weighted by molar-refractivity contribution is 5.99. The van der Waals surface area contributed by atoms with Crippen LogP contribution in [0.15, 0.2) is 28.8 Å². The molecule has 1 heterocycles. The van der Waals surface area contributed by atoms with Gasteiger partial charge in [-0.3, -0.25) is 4.79 Å². The van der Waals surface area contributed by atoms with Crippen molar-refractivity contribution in [3.63, 3.8) is 0 Å². The SMILES string of the molecule is Cc1cc(Nc2cc(NC(C=O)CC(C)CN)ccc2C(N)=O)on1. The Labute approximate surface area is 145 Å². The second kappa shape index (κ2) is 8.29. The number of hydrogen-bond acceptors (Lipinski definition) is 7. The van der Waals surface area contributed by atoms with E-state index < -0.39 is 5.91 Å². The topological polar surface area (TPSA) is 136 Å². The molecule has 1 aromatic carbocycles. The lowest BCUT2D eigenvalue weighted by atomic mass is 10.0. The number of benzene rings is 1. The molecule has 134 valence electrons. The fourth-order valence-electron chi connectivity index (χ4n) is 2.40. The fourth-order valence-corrected chi connectivity index (χ4v) is 2.40. The van der Waals surface area contributed by atoms with Crippen molar-refractivity contribution >= 4 is 29.5 Å². The molecule has 0 saturated carbocycles. The lowest BCUT2D eigenvalue weighted by molar-refractivity contribution is -0.108. The summed E-state index contributed by atoms with van der Waals surface area (Å²) in [5.41, 5.74) is 13.2. The molecule has 6 N–H and O–H groups in total. The number of nitrogens with zero attached hydrogens (tertiary/aromatic N) is 1. The predicted octanol–water partition coefficient (Wildman–Crippen LogP) is 1.79. The van der Waals surface area contributed by atoms with Crippen LogP contribution in [0.1, 0.15) is 29.4 Å². The number of aromatic nitrogens is 1. The molecule has 0 spiro atoms. The molecule has 0 radical (unpaired) electrons. The molecule has 0 saturated heterocycles. The Morgan fingerprint density at radius 3 is 2.72 bits per heavy atom. The number of nitrogens with two attached hydrogens (primary N) is 2. The average Bonchev–Trinajstić information content (AvgIpc) is 2.98. The Morgan fingerprint density at radius 2 is 2.16 bits per heavy atom. The minimum atomic E-state index is -0.575. The van der Waals surface area contributed by atoms with Gasteiger partial charge in [0, 0.05) is 11.8 Å². The van der Waals surface area contributed by atoms with Gasteiger partial charge in [-0.05, 0) is 44.0 Å². The highest BCUT2D eigenvalue weighted by Crippen LogP contribution is 2.26. The van der Waals surface area contributed by atoms with Gasteiger partial charge in [0.15, 0.2) is 0 Å². The normalized spacial score (nSPS) is 13.1. The van der Waals surface area contributed by atoms with Gasteiger partial charge in [0.25, 0.3) is 5.91 Å². The molecule has 25 heavy (non-hydrogen) atoms. The summed E-state index contributed by atoms with van der Waals surface area (Å²) in [6.45, 7) is 4.27. The summed E-state index contributed by atoms with van der Waals surface area (Å²) in [6.07, 6.45) is 1.46. The van der Waals surface area contributed by atoms with Crippen molar-refractivity contribution in [2.24, 2.45) is 17.4 Å². The van der Waals surface area contributed by atoms with Crippen molar-refractivity contribution in [3.8, 4) is 0 Å². The van der Waals surface area contributed by atoms with Crippen molar-refractivity contribution in [2.45, 2.75) is 26.3 Å². The summed E-state index contributed by atoms with van der Waals surface area (Å²) in [4.78, 5) is 22.9. The molecule has 1 amide bonds. The first-order valence-corrected chi connectivity index (χ1v) is 7.99. The summed E-state index contributed by atoms with van der Waals surface area (Å²) >= 11 is 0. The van der Waals surface area contributed by atoms with Crippen LogP contribution in [-0.2, 0) is 4.79 Å². The molecule has 0 aliphatic rings. The zero-order valence-corrected chi connectivity index (χ0v) is 14.3. The Hall–Kier alpha value is -2.87. The largest absolute Gasteiger partial charge is 0.375 e. The minimum absolute atomic E-state index is 0.211. The molecule has 2 unspecified atom stereocenters. The minimum Gasteiger partial charge on any atom is -0.375 e. The first-order chi connectivity index (χ1) is 11.9. The van der Waals surface area contributed by atoms with E-state index in [2.05, 4.69) is 15.8 Å². The van der Waals surface area contributed by atoms with E-state index in [0.29, 0.717) is 41.5 Å². The van der Waals surface area contributed by atoms with Gasteiger partial charge in [0.05, 0.1) is 23.0 Å². The second-order valence-corrected chi connectivity index (χ2v) is 6.05. The zero-order valence-electron chi connectivity index (χ0n) is 14.3. The smallest absolute Gasteiger partial charge is 0.250 e. The standard InChI is InChI=1S/C17H23N5O3/c1-10(8-18)5-13(9-23)20-12-3-4-14(17(19)24)15(7-12)21-16-6-11(2)22-25-16/h3-4,6-7,9-10,13,20-21H,5,8,18H2,1-2H3,(H2,19,24). The van der Waals surface area contributed by atoms with E-state index >= 15 is 0 Å². The first-order valence-electron chi connectivity index (χ1n) is 7.99. The van der Waals surface area contributed by atoms with Crippen LogP contribution >= 0.6 is 0 Å². The van der Waals surface area contributed by atoms with Crippen LogP contribution in [0.5, 0.6) is 0 Å². The third kappa shape index (κ3) is 5.05. The quantitative estimate of drug-likeness (QED) is 0.508. The van der Waals surface area contributed by atoms with Gasteiger partial charge >= 0.3 is 0 Å². The lowest BCUT2D eigenvalue weighted by Gasteiger charge is -2.18. The van der Waals surface area contributed by atoms with Crippen molar-refractivity contribution < 1.29 is 14.1 Å². The van der Waals surface area contributed by atoms with Crippen LogP contribution in [0.2, 0.25) is 0 Å². The molecule has 2 aromatic rings. The van der Waals surface area contributed by atoms with E-state index in [1.54, 1.807) is 31.2 Å². The highest BCUT2D eigenvalue weighted by atomic mass is 16.5. The summed E-state index contributed by atoms with van der Waals surface area (Å²) in [5, 5.41) is 9.90. The van der Waals surface area contributed by atoms with Gasteiger partial charge in [-0.1, -0.05) is 12.1 Å². The molecule has 8 nitrogen and oxygen atoms in total. The zero-order chi connectivity index (χ0) is 18.4. The number of carbonyl (C=O) groups excluding carboxylic acids is 2. The molecule has 1 aromatic heterocycles. The van der Waals surface area contributed by atoms with E-state index in [4.69, 9.17) is 16.0 Å².